The summed E-state index contributed by atoms with van der Waals surface area (Å²) < 4.78 is 0. The van der Waals surface area contributed by atoms with E-state index in [1.54, 1.807) is 0 Å². The van der Waals surface area contributed by atoms with Gasteiger partial charge in [-0.25, -0.2) is 0 Å². The predicted molar refractivity (Wildman–Crippen MR) is 43.2 cm³/mol. The zero-order valence-electron chi connectivity index (χ0n) is 5.75. The van der Waals surface area contributed by atoms with Gasteiger partial charge < -0.3 is 0 Å². The van der Waals surface area contributed by atoms with Crippen LogP contribution in [-0.4, -0.2) is 20.7 Å². The summed E-state index contributed by atoms with van der Waals surface area (Å²) in [5.74, 6) is 0. The largest absolute Gasteiger partial charge is 0.259 e. The van der Waals surface area contributed by atoms with Crippen molar-refractivity contribution < 1.29 is 0 Å². The van der Waals surface area contributed by atoms with Crippen LogP contribution < -0.4 is 0 Å². The summed E-state index contributed by atoms with van der Waals surface area (Å²) in [5.41, 5.74) is 1.78. The van der Waals surface area contributed by atoms with E-state index in [2.05, 4.69) is 4.98 Å². The molecule has 0 saturated heterocycles. The van der Waals surface area contributed by atoms with Crippen molar-refractivity contribution in [2.75, 3.05) is 0 Å². The molecule has 0 spiro atoms. The van der Waals surface area contributed by atoms with Crippen molar-refractivity contribution in [1.29, 1.82) is 0 Å². The molecule has 0 aromatic carbocycles. The second-order valence-corrected chi connectivity index (χ2v) is 2.03. The second kappa shape index (κ2) is 3.45. The zero-order chi connectivity index (χ0) is 7.40. The fraction of sp³-hybridized carbons (Fsp3) is 0.286. The van der Waals surface area contributed by atoms with Gasteiger partial charge in [0.1, 0.15) is 0 Å². The fourth-order valence-corrected chi connectivity index (χ4v) is 0.757. The summed E-state index contributed by atoms with van der Waals surface area (Å²) >= 11 is 0. The first-order valence-electron chi connectivity index (χ1n) is 3.21. The van der Waals surface area contributed by atoms with Gasteiger partial charge in [0.2, 0.25) is 0 Å². The lowest BCUT2D eigenvalue weighted by atomic mass is 9.98. The van der Waals surface area contributed by atoms with E-state index < -0.39 is 0 Å². The molecule has 1 aromatic rings. The van der Waals surface area contributed by atoms with E-state index in [1.807, 2.05) is 18.2 Å². The summed E-state index contributed by atoms with van der Waals surface area (Å²) in [5, 5.41) is 0. The van der Waals surface area contributed by atoms with Gasteiger partial charge in [-0.3, -0.25) is 4.98 Å². The molecule has 0 atom stereocenters. The highest BCUT2D eigenvalue weighted by molar-refractivity contribution is 6.08. The minimum atomic E-state index is 0.480. The van der Waals surface area contributed by atoms with Crippen LogP contribution in [0, 0.1) is 0 Å². The monoisotopic (exact) mass is 127 g/mol. The minimum Gasteiger partial charge on any atom is -0.259 e. The van der Waals surface area contributed by atoms with Crippen molar-refractivity contribution in [2.45, 2.75) is 12.6 Å². The first kappa shape index (κ1) is 7.39. The summed E-state index contributed by atoms with van der Waals surface area (Å²) in [6, 6.07) is 5.69. The maximum Gasteiger partial charge on any atom is 0.0738 e. The van der Waals surface area contributed by atoms with Crippen LogP contribution in [-0.2, 0) is 12.6 Å². The molecule has 46 valence electrons. The van der Waals surface area contributed by atoms with Gasteiger partial charge in [-0.15, -0.1) is 0 Å². The van der Waals surface area contributed by atoms with Crippen LogP contribution in [0.2, 0.25) is 0 Å². The van der Waals surface area contributed by atoms with Gasteiger partial charge in [-0.05, 0) is 24.8 Å². The van der Waals surface area contributed by atoms with Crippen LogP contribution in [0.1, 0.15) is 11.4 Å². The minimum absolute atomic E-state index is 0.480. The van der Waals surface area contributed by atoms with E-state index in [1.165, 1.54) is 0 Å². The molecule has 0 unspecified atom stereocenters. The molecule has 1 aromatic heterocycles. The molecule has 1 rings (SSSR count). The van der Waals surface area contributed by atoms with Gasteiger partial charge in [-0.1, -0.05) is 6.07 Å². The Balaban J connectivity index is 2.87. The topological polar surface area (TPSA) is 12.9 Å². The van der Waals surface area contributed by atoms with Crippen molar-refractivity contribution in [3.63, 3.8) is 0 Å². The molecule has 0 amide bonds. The Bertz CT molecular complexity index is 193. The summed E-state index contributed by atoms with van der Waals surface area (Å²) in [6.45, 7) is 0. The van der Waals surface area contributed by atoms with Crippen LogP contribution in [0.3, 0.4) is 0 Å². The molecule has 0 aliphatic rings. The smallest absolute Gasteiger partial charge is 0.0738 e. The van der Waals surface area contributed by atoms with Crippen LogP contribution in [0.5, 0.6) is 0 Å². The predicted octanol–water partition coefficient (Wildman–Crippen LogP) is 0.419. The van der Waals surface area contributed by atoms with E-state index in [9.17, 15) is 0 Å². The molecule has 10 heavy (non-hydrogen) atoms. The number of aromatic nitrogens is 1. The van der Waals surface area contributed by atoms with Crippen LogP contribution in [0.15, 0.2) is 18.2 Å². The SMILES string of the molecule is [B]Cc1cccc(C[B])n1. The second-order valence-electron chi connectivity index (χ2n) is 2.03. The van der Waals surface area contributed by atoms with Gasteiger partial charge in [0, 0.05) is 11.4 Å². The highest BCUT2D eigenvalue weighted by Crippen LogP contribution is 1.97. The Kier molecular flexibility index (Phi) is 2.55. The molecule has 0 aliphatic carbocycles. The molecule has 3 heteroatoms. The van der Waals surface area contributed by atoms with Gasteiger partial charge in [0.25, 0.3) is 0 Å². The lowest BCUT2D eigenvalue weighted by Crippen LogP contribution is -1.94. The maximum atomic E-state index is 5.37. The Hall–Kier alpha value is -0.720. The number of hydrogen-bond donors (Lipinski definition) is 0. The van der Waals surface area contributed by atoms with Crippen molar-refractivity contribution >= 4 is 15.7 Å². The van der Waals surface area contributed by atoms with Gasteiger partial charge in [0.05, 0.1) is 15.7 Å². The van der Waals surface area contributed by atoms with E-state index in [0.717, 1.165) is 11.4 Å². The van der Waals surface area contributed by atoms with Gasteiger partial charge >= 0.3 is 0 Å². The number of pyridine rings is 1. The van der Waals surface area contributed by atoms with Crippen molar-refractivity contribution in [2.24, 2.45) is 0 Å². The third-order valence-corrected chi connectivity index (χ3v) is 1.28. The zero-order valence-corrected chi connectivity index (χ0v) is 5.75. The highest BCUT2D eigenvalue weighted by Gasteiger charge is 1.90. The number of hydrogen-bond acceptors (Lipinski definition) is 1. The lowest BCUT2D eigenvalue weighted by molar-refractivity contribution is 1.08. The molecule has 4 radical (unpaired) electrons. The Morgan fingerprint density at radius 2 is 1.60 bits per heavy atom. The fourth-order valence-electron chi connectivity index (χ4n) is 0.757. The standard InChI is InChI=1S/C7H7B2N/c8-4-6-2-1-3-7(5-9)10-6/h1-3H,4-5H2. The molecular formula is C7H7B2N. The molecule has 1 heterocycles. The maximum absolute atomic E-state index is 5.37. The van der Waals surface area contributed by atoms with Crippen molar-refractivity contribution in [3.8, 4) is 0 Å². The first-order chi connectivity index (χ1) is 4.86. The summed E-state index contributed by atoms with van der Waals surface area (Å²) in [7, 11) is 10.7. The molecule has 0 N–H and O–H groups in total. The molecule has 0 aliphatic heterocycles. The van der Waals surface area contributed by atoms with Crippen LogP contribution >= 0.6 is 0 Å². The molecule has 0 bridgehead atoms. The van der Waals surface area contributed by atoms with Crippen LogP contribution in [0.4, 0.5) is 0 Å². The number of nitrogens with zero attached hydrogens (tertiary/aromatic N) is 1. The summed E-state index contributed by atoms with van der Waals surface area (Å²) in [4.78, 5) is 4.16. The van der Waals surface area contributed by atoms with Crippen molar-refractivity contribution in [3.05, 3.63) is 29.6 Å². The number of rotatable bonds is 2. The molecule has 1 nitrogen and oxygen atoms in total. The van der Waals surface area contributed by atoms with E-state index in [0.29, 0.717) is 12.6 Å². The van der Waals surface area contributed by atoms with Crippen LogP contribution in [0.25, 0.3) is 0 Å². The summed E-state index contributed by atoms with van der Waals surface area (Å²) in [6.07, 6.45) is 0.960. The Morgan fingerprint density at radius 1 is 1.10 bits per heavy atom. The third-order valence-electron chi connectivity index (χ3n) is 1.28. The quantitative estimate of drug-likeness (QED) is 0.524. The average molecular weight is 127 g/mol. The normalized spacial score (nSPS) is 9.60. The van der Waals surface area contributed by atoms with E-state index >= 15 is 0 Å². The first-order valence-corrected chi connectivity index (χ1v) is 3.21. The van der Waals surface area contributed by atoms with E-state index in [-0.39, 0.29) is 0 Å². The highest BCUT2D eigenvalue weighted by atomic mass is 14.7. The Labute approximate surface area is 63.7 Å². The third kappa shape index (κ3) is 1.63. The van der Waals surface area contributed by atoms with Gasteiger partial charge in [0.15, 0.2) is 0 Å². The molecular weight excluding hydrogens is 120 g/mol. The van der Waals surface area contributed by atoms with Gasteiger partial charge in [-0.2, -0.15) is 0 Å². The Morgan fingerprint density at radius 3 is 2.00 bits per heavy atom. The lowest BCUT2D eigenvalue weighted by Gasteiger charge is -1.98. The van der Waals surface area contributed by atoms with Crippen molar-refractivity contribution in [1.82, 2.24) is 4.98 Å². The molecule has 0 saturated carbocycles. The molecule has 0 fully saturated rings. The van der Waals surface area contributed by atoms with E-state index in [4.69, 9.17) is 15.7 Å². The average Bonchev–Trinajstić information content (AvgIpc) is 2.05.